The van der Waals surface area contributed by atoms with Gasteiger partial charge in [0.15, 0.2) is 5.96 Å². The second kappa shape index (κ2) is 12.3. The van der Waals surface area contributed by atoms with Crippen molar-refractivity contribution in [3.8, 4) is 0 Å². The number of guanidine groups is 1. The smallest absolute Gasteiger partial charge is 0.407 e. The second-order valence-electron chi connectivity index (χ2n) is 8.66. The van der Waals surface area contributed by atoms with Gasteiger partial charge in [0.25, 0.3) is 0 Å². The summed E-state index contributed by atoms with van der Waals surface area (Å²) in [5.41, 5.74) is 1.85. The molecule has 30 heavy (non-hydrogen) atoms. The number of ether oxygens (including phenoxy) is 2. The lowest BCUT2D eigenvalue weighted by molar-refractivity contribution is 0.0507. The fourth-order valence-electron chi connectivity index (χ4n) is 3.15. The molecule has 1 aliphatic heterocycles. The monoisotopic (exact) mass is 532 g/mol. The van der Waals surface area contributed by atoms with Crippen LogP contribution >= 0.6 is 24.0 Å². The molecule has 170 valence electrons. The van der Waals surface area contributed by atoms with E-state index < -0.39 is 5.60 Å². The molecule has 0 bridgehead atoms. The number of carbonyl (C=O) groups excluding carboxylic acids is 1. The number of benzene rings is 1. The molecule has 1 unspecified atom stereocenters. The van der Waals surface area contributed by atoms with Gasteiger partial charge in [-0.15, -0.1) is 24.0 Å². The predicted octanol–water partition coefficient (Wildman–Crippen LogP) is 3.90. The van der Waals surface area contributed by atoms with Crippen molar-refractivity contribution >= 4 is 36.0 Å². The van der Waals surface area contributed by atoms with Crippen LogP contribution in [-0.4, -0.2) is 54.8 Å². The zero-order chi connectivity index (χ0) is 21.4. The highest BCUT2D eigenvalue weighted by Gasteiger charge is 2.27. The summed E-state index contributed by atoms with van der Waals surface area (Å²) >= 11 is 0. The fourth-order valence-corrected chi connectivity index (χ4v) is 3.15. The molecule has 0 spiro atoms. The van der Waals surface area contributed by atoms with E-state index in [4.69, 9.17) is 9.47 Å². The van der Waals surface area contributed by atoms with Crippen molar-refractivity contribution in [1.29, 1.82) is 0 Å². The van der Waals surface area contributed by atoms with Crippen molar-refractivity contribution in [3.05, 3.63) is 35.4 Å². The fraction of sp³-hybridized carbons (Fsp3) is 0.636. The summed E-state index contributed by atoms with van der Waals surface area (Å²) in [7, 11) is 1.78. The molecule has 1 aromatic carbocycles. The summed E-state index contributed by atoms with van der Waals surface area (Å²) in [5, 5.41) is 6.37. The van der Waals surface area contributed by atoms with Crippen molar-refractivity contribution in [2.24, 2.45) is 4.99 Å². The number of halogens is 1. The van der Waals surface area contributed by atoms with E-state index in [1.54, 1.807) is 7.05 Å². The topological polar surface area (TPSA) is 75.2 Å². The quantitative estimate of drug-likeness (QED) is 0.330. The first-order valence-corrected chi connectivity index (χ1v) is 10.3. The van der Waals surface area contributed by atoms with E-state index in [1.165, 1.54) is 5.56 Å². The number of hydrogen-bond donors (Lipinski definition) is 2. The van der Waals surface area contributed by atoms with Gasteiger partial charge in [-0.2, -0.15) is 0 Å². The summed E-state index contributed by atoms with van der Waals surface area (Å²) in [6.45, 7) is 12.5. The Labute approximate surface area is 198 Å². The highest BCUT2D eigenvalue weighted by atomic mass is 127. The molecule has 1 amide bonds. The molecule has 2 N–H and O–H groups in total. The van der Waals surface area contributed by atoms with Crippen LogP contribution in [0, 0.1) is 0 Å². The third-order valence-electron chi connectivity index (χ3n) is 4.45. The molecule has 1 aromatic rings. The van der Waals surface area contributed by atoms with Crippen molar-refractivity contribution in [2.75, 3.05) is 20.1 Å². The van der Waals surface area contributed by atoms with Crippen LogP contribution in [0.2, 0.25) is 0 Å². The third kappa shape index (κ3) is 9.51. The first-order valence-electron chi connectivity index (χ1n) is 10.3. The minimum absolute atomic E-state index is 0. The van der Waals surface area contributed by atoms with Crippen molar-refractivity contribution in [3.63, 3.8) is 0 Å². The van der Waals surface area contributed by atoms with E-state index in [0.29, 0.717) is 19.7 Å². The molecule has 1 atom stereocenters. The standard InChI is InChI=1S/C22H36N4O3.HI/c1-16(2)28-15-18-9-7-8-17(12-18)13-24-20(23-6)26-11-10-19(14-26)25-21(27)29-22(3,4)5;/h7-9,12,16,19H,10-11,13-15H2,1-6H3,(H,23,24)(H,25,27);1H. The van der Waals surface area contributed by atoms with E-state index in [9.17, 15) is 4.79 Å². The van der Waals surface area contributed by atoms with Gasteiger partial charge < -0.3 is 25.0 Å². The number of aliphatic imine (C=N–C) groups is 1. The van der Waals surface area contributed by atoms with Crippen LogP contribution in [-0.2, 0) is 22.6 Å². The van der Waals surface area contributed by atoms with Crippen molar-refractivity contribution < 1.29 is 14.3 Å². The Hall–Kier alpha value is -1.55. The SMILES string of the molecule is CN=C(NCc1cccc(COC(C)C)c1)N1CCC(NC(=O)OC(C)(C)C)C1.I. The summed E-state index contributed by atoms with van der Waals surface area (Å²) in [6, 6.07) is 8.43. The summed E-state index contributed by atoms with van der Waals surface area (Å²) in [4.78, 5) is 18.6. The number of nitrogens with zero attached hydrogens (tertiary/aromatic N) is 2. The summed E-state index contributed by atoms with van der Waals surface area (Å²) in [5.74, 6) is 0.835. The van der Waals surface area contributed by atoms with Gasteiger partial charge in [0, 0.05) is 26.7 Å². The lowest BCUT2D eigenvalue weighted by Crippen LogP contribution is -2.44. The van der Waals surface area contributed by atoms with E-state index in [-0.39, 0.29) is 42.2 Å². The summed E-state index contributed by atoms with van der Waals surface area (Å²) in [6.07, 6.45) is 0.711. The van der Waals surface area contributed by atoms with Gasteiger partial charge in [-0.3, -0.25) is 4.99 Å². The predicted molar refractivity (Wildman–Crippen MR) is 131 cm³/mol. The number of carbonyl (C=O) groups is 1. The summed E-state index contributed by atoms with van der Waals surface area (Å²) < 4.78 is 11.0. The first kappa shape index (κ1) is 26.5. The highest BCUT2D eigenvalue weighted by Crippen LogP contribution is 2.13. The molecule has 0 aromatic heterocycles. The molecule has 0 radical (unpaired) electrons. The number of likely N-dealkylation sites (tertiary alicyclic amines) is 1. The maximum atomic E-state index is 12.0. The van der Waals surface area contributed by atoms with Gasteiger partial charge >= 0.3 is 6.09 Å². The Kier molecular flexibility index (Phi) is 10.9. The molecule has 1 heterocycles. The van der Waals surface area contributed by atoms with Gasteiger partial charge in [-0.1, -0.05) is 24.3 Å². The molecule has 2 rings (SSSR count). The van der Waals surface area contributed by atoms with Gasteiger partial charge in [0.1, 0.15) is 5.60 Å². The zero-order valence-corrected chi connectivity index (χ0v) is 21.4. The highest BCUT2D eigenvalue weighted by molar-refractivity contribution is 14.0. The Morgan fingerprint density at radius 2 is 2.00 bits per heavy atom. The van der Waals surface area contributed by atoms with Gasteiger partial charge in [0.2, 0.25) is 0 Å². The number of rotatable bonds is 6. The molecule has 1 fully saturated rings. The van der Waals surface area contributed by atoms with Crippen LogP contribution in [0.25, 0.3) is 0 Å². The van der Waals surface area contributed by atoms with Crippen LogP contribution in [0.3, 0.4) is 0 Å². The molecule has 0 saturated carbocycles. The van der Waals surface area contributed by atoms with E-state index in [2.05, 4.69) is 44.8 Å². The molecular weight excluding hydrogens is 495 g/mol. The Bertz CT molecular complexity index is 704. The maximum absolute atomic E-state index is 12.0. The molecule has 0 aliphatic carbocycles. The van der Waals surface area contributed by atoms with Gasteiger partial charge in [0.05, 0.1) is 18.8 Å². The largest absolute Gasteiger partial charge is 0.444 e. The van der Waals surface area contributed by atoms with Gasteiger partial charge in [-0.25, -0.2) is 4.79 Å². The molecule has 1 saturated heterocycles. The maximum Gasteiger partial charge on any atom is 0.407 e. The van der Waals surface area contributed by atoms with E-state index in [0.717, 1.165) is 24.5 Å². The molecular formula is C22H37IN4O3. The van der Waals surface area contributed by atoms with Crippen molar-refractivity contribution in [1.82, 2.24) is 15.5 Å². The molecule has 1 aliphatic rings. The zero-order valence-electron chi connectivity index (χ0n) is 19.0. The average Bonchev–Trinajstić information content (AvgIpc) is 3.07. The Morgan fingerprint density at radius 1 is 1.30 bits per heavy atom. The number of nitrogens with one attached hydrogen (secondary N) is 2. The second-order valence-corrected chi connectivity index (χ2v) is 8.66. The minimum Gasteiger partial charge on any atom is -0.444 e. The van der Waals surface area contributed by atoms with E-state index in [1.807, 2.05) is 34.6 Å². The van der Waals surface area contributed by atoms with Crippen LogP contribution in [0.4, 0.5) is 4.79 Å². The Morgan fingerprint density at radius 3 is 2.63 bits per heavy atom. The molecule has 7 nitrogen and oxygen atoms in total. The number of hydrogen-bond acceptors (Lipinski definition) is 4. The van der Waals surface area contributed by atoms with Crippen LogP contribution in [0.5, 0.6) is 0 Å². The van der Waals surface area contributed by atoms with Crippen LogP contribution in [0.15, 0.2) is 29.3 Å². The lowest BCUT2D eigenvalue weighted by atomic mass is 10.1. The molecule has 8 heteroatoms. The third-order valence-corrected chi connectivity index (χ3v) is 4.45. The lowest BCUT2D eigenvalue weighted by Gasteiger charge is -2.23. The van der Waals surface area contributed by atoms with Crippen LogP contribution < -0.4 is 10.6 Å². The minimum atomic E-state index is -0.491. The first-order chi connectivity index (χ1) is 13.7. The number of amides is 1. The van der Waals surface area contributed by atoms with Gasteiger partial charge in [-0.05, 0) is 52.2 Å². The number of alkyl carbamates (subject to hydrolysis) is 1. The van der Waals surface area contributed by atoms with Crippen LogP contribution in [0.1, 0.15) is 52.2 Å². The average molecular weight is 532 g/mol. The van der Waals surface area contributed by atoms with E-state index >= 15 is 0 Å². The normalized spacial score (nSPS) is 17.0. The van der Waals surface area contributed by atoms with Crippen molar-refractivity contribution in [2.45, 2.75) is 71.9 Å². The Balaban J connectivity index is 0.00000450.